The van der Waals surface area contributed by atoms with Crippen molar-refractivity contribution in [1.29, 1.82) is 0 Å². The number of anilines is 1. The number of aromatic amines is 1. The third-order valence-corrected chi connectivity index (χ3v) is 9.23. The maximum Gasteiger partial charge on any atom is 0.324 e. The summed E-state index contributed by atoms with van der Waals surface area (Å²) in [4.78, 5) is 23.5. The number of piperidine rings is 1. The lowest BCUT2D eigenvalue weighted by Gasteiger charge is -2.43. The molecule has 0 saturated carbocycles. The quantitative estimate of drug-likeness (QED) is 0.602. The molecule has 34 heavy (non-hydrogen) atoms. The first-order chi connectivity index (χ1) is 16.4. The Kier molecular flexibility index (Phi) is 5.95. The number of nitrogens with zero attached hydrogens (tertiary/aromatic N) is 4. The van der Waals surface area contributed by atoms with E-state index in [0.29, 0.717) is 30.4 Å². The van der Waals surface area contributed by atoms with Crippen molar-refractivity contribution in [2.75, 3.05) is 45.2 Å². The number of rotatable bonds is 5. The van der Waals surface area contributed by atoms with Crippen LogP contribution in [0.2, 0.25) is 0 Å². The molecular formula is C24H29N5O4S. The van der Waals surface area contributed by atoms with Crippen molar-refractivity contribution in [3.8, 4) is 5.75 Å². The zero-order chi connectivity index (χ0) is 23.9. The highest BCUT2D eigenvalue weighted by Gasteiger charge is 2.44. The third kappa shape index (κ3) is 4.01. The number of carbonyl (C=O) groups is 1. The summed E-state index contributed by atoms with van der Waals surface area (Å²) in [5.41, 5.74) is 2.78. The van der Waals surface area contributed by atoms with Crippen molar-refractivity contribution < 1.29 is 17.9 Å². The molecule has 0 bridgehead atoms. The molecule has 0 radical (unpaired) electrons. The summed E-state index contributed by atoms with van der Waals surface area (Å²) in [6.07, 6.45) is 5.31. The number of pyridine rings is 1. The van der Waals surface area contributed by atoms with E-state index in [2.05, 4.69) is 16.0 Å². The molecule has 5 rings (SSSR count). The van der Waals surface area contributed by atoms with E-state index in [0.717, 1.165) is 23.9 Å². The van der Waals surface area contributed by atoms with Crippen LogP contribution in [0.4, 0.5) is 10.5 Å². The lowest BCUT2D eigenvalue weighted by Crippen LogP contribution is -2.62. The fraction of sp³-hybridized carbons (Fsp3) is 0.417. The lowest BCUT2D eigenvalue weighted by atomic mass is 9.90. The number of aromatic nitrogens is 2. The van der Waals surface area contributed by atoms with Gasteiger partial charge in [0.25, 0.3) is 0 Å². The first-order valence-corrected chi connectivity index (χ1v) is 13.0. The second-order valence-electron chi connectivity index (χ2n) is 8.93. The number of hydrogen-bond acceptors (Lipinski definition) is 5. The van der Waals surface area contributed by atoms with E-state index < -0.39 is 15.3 Å². The summed E-state index contributed by atoms with van der Waals surface area (Å²) >= 11 is 0. The number of hydrogen-bond donors (Lipinski definition) is 1. The van der Waals surface area contributed by atoms with Crippen LogP contribution in [0.25, 0.3) is 11.0 Å². The van der Waals surface area contributed by atoms with Crippen LogP contribution in [0.5, 0.6) is 5.75 Å². The third-order valence-electron chi connectivity index (χ3n) is 7.00. The van der Waals surface area contributed by atoms with E-state index in [9.17, 15) is 13.2 Å². The SMILES string of the molecule is COc1cccc(N(C)C(=O)N2CC(S(=O)(=O)N3CCC(c4c[nH]c5ncccc45)CC3)C2)c1. The van der Waals surface area contributed by atoms with E-state index in [1.54, 1.807) is 35.6 Å². The molecule has 10 heteroatoms. The number of carbonyl (C=O) groups excluding carboxylic acids is 1. The van der Waals surface area contributed by atoms with Gasteiger partial charge in [-0.15, -0.1) is 0 Å². The Morgan fingerprint density at radius 1 is 1.18 bits per heavy atom. The van der Waals surface area contributed by atoms with Gasteiger partial charge >= 0.3 is 6.03 Å². The van der Waals surface area contributed by atoms with Crippen molar-refractivity contribution in [2.24, 2.45) is 0 Å². The standard InChI is InChI=1S/C24H29N5O4S/c1-27(18-5-3-6-19(13-18)33-2)24(30)28-15-20(16-28)34(31,32)29-11-8-17(9-12-29)22-14-26-23-21(22)7-4-10-25-23/h3-7,10,13-14,17,20H,8-9,11-12,15-16H2,1-2H3,(H,25,26). The zero-order valence-electron chi connectivity index (χ0n) is 19.3. The molecule has 0 spiro atoms. The minimum Gasteiger partial charge on any atom is -0.497 e. The van der Waals surface area contributed by atoms with Gasteiger partial charge in [-0.2, -0.15) is 0 Å². The molecule has 2 aliphatic rings. The van der Waals surface area contributed by atoms with Crippen molar-refractivity contribution in [2.45, 2.75) is 24.0 Å². The Balaban J connectivity index is 1.18. The summed E-state index contributed by atoms with van der Waals surface area (Å²) in [7, 11) is -0.187. The highest BCUT2D eigenvalue weighted by Crippen LogP contribution is 2.34. The van der Waals surface area contributed by atoms with Crippen LogP contribution in [0.1, 0.15) is 24.3 Å². The summed E-state index contributed by atoms with van der Waals surface area (Å²) in [5.74, 6) is 0.967. The highest BCUT2D eigenvalue weighted by molar-refractivity contribution is 7.89. The van der Waals surface area contributed by atoms with Crippen LogP contribution in [0.15, 0.2) is 48.8 Å². The van der Waals surface area contributed by atoms with E-state index in [-0.39, 0.29) is 19.1 Å². The number of likely N-dealkylation sites (tertiary alicyclic amines) is 1. The van der Waals surface area contributed by atoms with Crippen molar-refractivity contribution in [1.82, 2.24) is 19.2 Å². The zero-order valence-corrected chi connectivity index (χ0v) is 20.2. The molecule has 2 fully saturated rings. The second kappa shape index (κ2) is 8.92. The monoisotopic (exact) mass is 483 g/mol. The van der Waals surface area contributed by atoms with Crippen LogP contribution in [-0.2, 0) is 10.0 Å². The molecule has 2 amide bonds. The molecule has 0 atom stereocenters. The minimum atomic E-state index is -3.45. The summed E-state index contributed by atoms with van der Waals surface area (Å²) in [6, 6.07) is 11.0. The Morgan fingerprint density at radius 3 is 2.68 bits per heavy atom. The van der Waals surface area contributed by atoms with Crippen molar-refractivity contribution >= 4 is 32.8 Å². The highest BCUT2D eigenvalue weighted by atomic mass is 32.2. The maximum atomic E-state index is 13.2. The number of amides is 2. The Labute approximate surface area is 199 Å². The number of H-pyrrole nitrogens is 1. The van der Waals surface area contributed by atoms with E-state index in [1.165, 1.54) is 10.5 Å². The van der Waals surface area contributed by atoms with Gasteiger partial charge < -0.3 is 14.6 Å². The topological polar surface area (TPSA) is 98.8 Å². The molecule has 3 aromatic rings. The normalized spacial score (nSPS) is 18.1. The van der Waals surface area contributed by atoms with Gasteiger partial charge in [-0.1, -0.05) is 6.07 Å². The number of urea groups is 1. The molecular weight excluding hydrogens is 454 g/mol. The molecule has 2 aliphatic heterocycles. The lowest BCUT2D eigenvalue weighted by molar-refractivity contribution is 0.174. The Morgan fingerprint density at radius 2 is 1.94 bits per heavy atom. The Hall–Kier alpha value is -3.11. The summed E-state index contributed by atoms with van der Waals surface area (Å²) in [6.45, 7) is 1.41. The predicted molar refractivity (Wildman–Crippen MR) is 131 cm³/mol. The average molecular weight is 484 g/mol. The molecule has 1 aromatic carbocycles. The summed E-state index contributed by atoms with van der Waals surface area (Å²) in [5, 5.41) is 0.557. The number of methoxy groups -OCH3 is 1. The van der Waals surface area contributed by atoms with Crippen LogP contribution >= 0.6 is 0 Å². The van der Waals surface area contributed by atoms with Crippen LogP contribution in [-0.4, -0.2) is 79.2 Å². The Bertz CT molecular complexity index is 1290. The van der Waals surface area contributed by atoms with Crippen LogP contribution in [0, 0.1) is 0 Å². The van der Waals surface area contributed by atoms with Gasteiger partial charge in [-0.05, 0) is 48.6 Å². The first-order valence-electron chi connectivity index (χ1n) is 11.5. The van der Waals surface area contributed by atoms with Crippen LogP contribution in [0.3, 0.4) is 0 Å². The molecule has 2 saturated heterocycles. The summed E-state index contributed by atoms with van der Waals surface area (Å²) < 4.78 is 33.2. The van der Waals surface area contributed by atoms with Gasteiger partial charge in [0.05, 0.1) is 7.11 Å². The number of ether oxygens (including phenoxy) is 1. The van der Waals surface area contributed by atoms with Crippen molar-refractivity contribution in [3.63, 3.8) is 0 Å². The van der Waals surface area contributed by atoms with Crippen molar-refractivity contribution in [3.05, 3.63) is 54.4 Å². The number of fused-ring (bicyclic) bond motifs is 1. The maximum absolute atomic E-state index is 13.2. The van der Waals surface area contributed by atoms with E-state index >= 15 is 0 Å². The number of nitrogens with one attached hydrogen (secondary N) is 1. The van der Waals surface area contributed by atoms with Gasteiger partial charge in [-0.25, -0.2) is 22.5 Å². The van der Waals surface area contributed by atoms with E-state index in [4.69, 9.17) is 4.74 Å². The predicted octanol–water partition coefficient (Wildman–Crippen LogP) is 3.02. The molecule has 1 N–H and O–H groups in total. The smallest absolute Gasteiger partial charge is 0.324 e. The molecule has 4 heterocycles. The molecule has 0 aliphatic carbocycles. The van der Waals surface area contributed by atoms with Gasteiger partial charge in [0.1, 0.15) is 16.6 Å². The van der Waals surface area contributed by atoms with Gasteiger partial charge in [0.2, 0.25) is 10.0 Å². The minimum absolute atomic E-state index is 0.212. The van der Waals surface area contributed by atoms with Gasteiger partial charge in [0, 0.05) is 62.8 Å². The van der Waals surface area contributed by atoms with E-state index in [1.807, 2.05) is 30.5 Å². The first kappa shape index (κ1) is 22.7. The second-order valence-corrected chi connectivity index (χ2v) is 11.1. The fourth-order valence-corrected chi connectivity index (χ4v) is 6.75. The number of benzene rings is 1. The molecule has 0 unspecified atom stereocenters. The fourth-order valence-electron chi connectivity index (χ4n) is 4.87. The number of sulfonamides is 1. The van der Waals surface area contributed by atoms with Gasteiger partial charge in [-0.3, -0.25) is 4.90 Å². The average Bonchev–Trinajstić information content (AvgIpc) is 3.26. The van der Waals surface area contributed by atoms with Gasteiger partial charge in [0.15, 0.2) is 0 Å². The molecule has 180 valence electrons. The molecule has 2 aromatic heterocycles. The largest absolute Gasteiger partial charge is 0.497 e. The molecule has 9 nitrogen and oxygen atoms in total. The van der Waals surface area contributed by atoms with Crippen LogP contribution < -0.4 is 9.64 Å².